The number of rotatable bonds is 1. The van der Waals surface area contributed by atoms with Gasteiger partial charge in [0.05, 0.1) is 0 Å². The van der Waals surface area contributed by atoms with Crippen LogP contribution in [0.2, 0.25) is 0 Å². The van der Waals surface area contributed by atoms with Crippen LogP contribution >= 0.6 is 0 Å². The lowest BCUT2D eigenvalue weighted by atomic mass is 9.74. The largest absolute Gasteiger partial charge is 0.300 e. The number of likely N-dealkylation sites (tertiary alicyclic amines) is 1. The van der Waals surface area contributed by atoms with Gasteiger partial charge in [-0.05, 0) is 62.3 Å². The first-order chi connectivity index (χ1) is 6.79. The molecule has 4 rings (SSSR count). The molecule has 2 bridgehead atoms. The highest BCUT2D eigenvalue weighted by molar-refractivity contribution is 5.28. The summed E-state index contributed by atoms with van der Waals surface area (Å²) in [7, 11) is 2.39. The summed E-state index contributed by atoms with van der Waals surface area (Å²) in [6.07, 6.45) is 7.69. The SMILES string of the molecule is CCC1C2C3CCC(C3)C23CC3N1C. The zero-order valence-corrected chi connectivity index (χ0v) is 9.37. The number of hydrogen-bond acceptors (Lipinski definition) is 1. The third-order valence-corrected chi connectivity index (χ3v) is 6.22. The van der Waals surface area contributed by atoms with Crippen LogP contribution in [0.3, 0.4) is 0 Å². The molecule has 1 aliphatic heterocycles. The highest BCUT2D eigenvalue weighted by Gasteiger charge is 2.76. The second-order valence-corrected chi connectivity index (χ2v) is 6.27. The van der Waals surface area contributed by atoms with Gasteiger partial charge in [-0.3, -0.25) is 4.90 Å². The van der Waals surface area contributed by atoms with Crippen LogP contribution in [0.5, 0.6) is 0 Å². The van der Waals surface area contributed by atoms with Crippen LogP contribution in [0.1, 0.15) is 39.0 Å². The summed E-state index contributed by atoms with van der Waals surface area (Å²) >= 11 is 0. The van der Waals surface area contributed by atoms with Crippen molar-refractivity contribution in [2.45, 2.75) is 51.1 Å². The van der Waals surface area contributed by atoms with Crippen molar-refractivity contribution in [1.82, 2.24) is 4.90 Å². The number of piperidine rings is 1. The molecule has 6 atom stereocenters. The van der Waals surface area contributed by atoms with E-state index in [1.165, 1.54) is 6.42 Å². The third-order valence-electron chi connectivity index (χ3n) is 6.22. The summed E-state index contributed by atoms with van der Waals surface area (Å²) in [5.41, 5.74) is 0.859. The van der Waals surface area contributed by atoms with Gasteiger partial charge in [-0.15, -0.1) is 0 Å². The summed E-state index contributed by atoms with van der Waals surface area (Å²) in [4.78, 5) is 2.75. The number of hydrogen-bond donors (Lipinski definition) is 0. The highest BCUT2D eigenvalue weighted by Crippen LogP contribution is 2.77. The molecule has 3 aliphatic carbocycles. The van der Waals surface area contributed by atoms with Crippen molar-refractivity contribution in [3.8, 4) is 0 Å². The molecule has 6 unspecified atom stereocenters. The molecule has 1 saturated heterocycles. The van der Waals surface area contributed by atoms with Crippen LogP contribution in [0, 0.1) is 23.2 Å². The zero-order valence-electron chi connectivity index (χ0n) is 9.37. The molecule has 0 aromatic carbocycles. The highest BCUT2D eigenvalue weighted by atomic mass is 15.3. The maximum absolute atomic E-state index is 2.75. The predicted molar refractivity (Wildman–Crippen MR) is 57.0 cm³/mol. The number of fused-ring (bicyclic) bond motifs is 3. The first-order valence-corrected chi connectivity index (χ1v) is 6.51. The molecule has 4 fully saturated rings. The van der Waals surface area contributed by atoms with E-state index >= 15 is 0 Å². The fraction of sp³-hybridized carbons (Fsp3) is 1.00. The van der Waals surface area contributed by atoms with Crippen LogP contribution in [0.4, 0.5) is 0 Å². The molecule has 3 saturated carbocycles. The molecule has 78 valence electrons. The molecule has 0 N–H and O–H groups in total. The van der Waals surface area contributed by atoms with Crippen molar-refractivity contribution in [2.75, 3.05) is 7.05 Å². The molecular formula is C13H21N. The van der Waals surface area contributed by atoms with Crippen molar-refractivity contribution < 1.29 is 0 Å². The second-order valence-electron chi connectivity index (χ2n) is 6.27. The molecule has 14 heavy (non-hydrogen) atoms. The van der Waals surface area contributed by atoms with Gasteiger partial charge in [0.1, 0.15) is 0 Å². The van der Waals surface area contributed by atoms with Gasteiger partial charge in [0.15, 0.2) is 0 Å². The minimum atomic E-state index is 0.859. The Kier molecular flexibility index (Phi) is 1.29. The van der Waals surface area contributed by atoms with Crippen molar-refractivity contribution in [1.29, 1.82) is 0 Å². The van der Waals surface area contributed by atoms with E-state index in [1.807, 2.05) is 0 Å². The maximum atomic E-state index is 2.75. The Hall–Kier alpha value is -0.0400. The molecule has 1 nitrogen and oxygen atoms in total. The average Bonchev–Trinajstić information content (AvgIpc) is 2.57. The Morgan fingerprint density at radius 2 is 2.21 bits per heavy atom. The molecule has 4 aliphatic rings. The Bertz CT molecular complexity index is 287. The number of nitrogens with zero attached hydrogens (tertiary/aromatic N) is 1. The van der Waals surface area contributed by atoms with Gasteiger partial charge in [-0.25, -0.2) is 0 Å². The van der Waals surface area contributed by atoms with E-state index in [0.717, 1.165) is 35.3 Å². The Labute approximate surface area is 86.9 Å². The second kappa shape index (κ2) is 2.21. The summed E-state index contributed by atoms with van der Waals surface area (Å²) in [6, 6.07) is 1.96. The van der Waals surface area contributed by atoms with E-state index in [1.54, 1.807) is 25.7 Å². The fourth-order valence-corrected chi connectivity index (χ4v) is 5.84. The van der Waals surface area contributed by atoms with Crippen LogP contribution in [0.25, 0.3) is 0 Å². The van der Waals surface area contributed by atoms with E-state index in [-0.39, 0.29) is 0 Å². The van der Waals surface area contributed by atoms with E-state index < -0.39 is 0 Å². The van der Waals surface area contributed by atoms with Gasteiger partial charge in [-0.1, -0.05) is 6.92 Å². The minimum absolute atomic E-state index is 0.859. The zero-order chi connectivity index (χ0) is 9.50. The van der Waals surface area contributed by atoms with Crippen LogP contribution < -0.4 is 0 Å². The first kappa shape index (κ1) is 8.15. The predicted octanol–water partition coefficient (Wildman–Crippen LogP) is 2.52. The topological polar surface area (TPSA) is 3.24 Å². The van der Waals surface area contributed by atoms with E-state index in [4.69, 9.17) is 0 Å². The molecule has 0 radical (unpaired) electrons. The summed E-state index contributed by atoms with van der Waals surface area (Å²) in [5.74, 6) is 3.38. The van der Waals surface area contributed by atoms with Crippen molar-refractivity contribution in [2.24, 2.45) is 23.2 Å². The molecule has 0 aromatic rings. The first-order valence-electron chi connectivity index (χ1n) is 6.51. The average molecular weight is 191 g/mol. The molecule has 0 aromatic heterocycles. The monoisotopic (exact) mass is 191 g/mol. The minimum Gasteiger partial charge on any atom is -0.300 e. The van der Waals surface area contributed by atoms with Crippen molar-refractivity contribution in [3.05, 3.63) is 0 Å². The van der Waals surface area contributed by atoms with Crippen LogP contribution in [-0.2, 0) is 0 Å². The van der Waals surface area contributed by atoms with E-state index in [0.29, 0.717) is 0 Å². The lowest BCUT2D eigenvalue weighted by Crippen LogP contribution is -2.36. The van der Waals surface area contributed by atoms with Gasteiger partial charge in [-0.2, -0.15) is 0 Å². The lowest BCUT2D eigenvalue weighted by Gasteiger charge is -2.33. The molecule has 1 heteroatoms. The quantitative estimate of drug-likeness (QED) is 0.615. The normalized spacial score (nSPS) is 64.3. The Morgan fingerprint density at radius 3 is 3.00 bits per heavy atom. The Morgan fingerprint density at radius 1 is 1.36 bits per heavy atom. The third kappa shape index (κ3) is 0.625. The molecule has 1 heterocycles. The summed E-state index contributed by atoms with van der Waals surface area (Å²) in [6.45, 7) is 2.39. The van der Waals surface area contributed by atoms with Crippen LogP contribution in [0.15, 0.2) is 0 Å². The van der Waals surface area contributed by atoms with Gasteiger partial charge < -0.3 is 0 Å². The van der Waals surface area contributed by atoms with Crippen molar-refractivity contribution >= 4 is 0 Å². The van der Waals surface area contributed by atoms with Gasteiger partial charge >= 0.3 is 0 Å². The van der Waals surface area contributed by atoms with Crippen LogP contribution in [-0.4, -0.2) is 24.0 Å². The van der Waals surface area contributed by atoms with E-state index in [2.05, 4.69) is 18.9 Å². The standard InChI is InChI=1S/C13H21N/c1-3-10-12-8-4-5-9(6-8)13(12)7-11(13)14(10)2/h8-12H,3-7H2,1-2H3. The van der Waals surface area contributed by atoms with Gasteiger partial charge in [0, 0.05) is 12.1 Å². The molecule has 0 amide bonds. The fourth-order valence-electron chi connectivity index (χ4n) is 5.84. The van der Waals surface area contributed by atoms with Gasteiger partial charge in [0.2, 0.25) is 0 Å². The Balaban J connectivity index is 1.78. The van der Waals surface area contributed by atoms with E-state index in [9.17, 15) is 0 Å². The lowest BCUT2D eigenvalue weighted by molar-refractivity contribution is 0.153. The molecule has 1 spiro atoms. The summed E-state index contributed by atoms with van der Waals surface area (Å²) < 4.78 is 0. The van der Waals surface area contributed by atoms with Crippen molar-refractivity contribution in [3.63, 3.8) is 0 Å². The van der Waals surface area contributed by atoms with Gasteiger partial charge in [0.25, 0.3) is 0 Å². The maximum Gasteiger partial charge on any atom is 0.0164 e. The summed E-state index contributed by atoms with van der Waals surface area (Å²) in [5, 5.41) is 0. The smallest absolute Gasteiger partial charge is 0.0164 e. The molecular weight excluding hydrogens is 170 g/mol.